The largest absolute Gasteiger partial charge is 0.314 e. The number of piperazine rings is 1. The van der Waals surface area contributed by atoms with Gasteiger partial charge >= 0.3 is 0 Å². The van der Waals surface area contributed by atoms with Crippen molar-refractivity contribution in [2.75, 3.05) is 31.9 Å². The number of nitrogens with zero attached hydrogens (tertiary/aromatic N) is 1. The van der Waals surface area contributed by atoms with E-state index in [1.165, 1.54) is 23.7 Å². The number of rotatable bonds is 2. The first-order valence-corrected chi connectivity index (χ1v) is 8.71. The van der Waals surface area contributed by atoms with Gasteiger partial charge in [0.15, 0.2) is 0 Å². The van der Waals surface area contributed by atoms with Gasteiger partial charge in [0, 0.05) is 48.8 Å². The van der Waals surface area contributed by atoms with E-state index in [1.807, 2.05) is 11.8 Å². The van der Waals surface area contributed by atoms with E-state index in [0.717, 1.165) is 13.1 Å². The zero-order valence-corrected chi connectivity index (χ0v) is 13.7. The van der Waals surface area contributed by atoms with E-state index < -0.39 is 0 Å². The maximum absolute atomic E-state index is 3.57. The van der Waals surface area contributed by atoms with E-state index in [-0.39, 0.29) is 0 Å². The SMILES string of the molecule is CC(C)(C)C1CNCCN1CC1CSc2ccccc21. The molecule has 0 saturated carbocycles. The third kappa shape index (κ3) is 2.90. The third-order valence-corrected chi connectivity index (χ3v) is 5.86. The minimum absolute atomic E-state index is 0.346. The molecule has 2 atom stereocenters. The van der Waals surface area contributed by atoms with Crippen molar-refractivity contribution in [2.24, 2.45) is 5.41 Å². The monoisotopic (exact) mass is 290 g/mol. The predicted molar refractivity (Wildman–Crippen MR) is 87.6 cm³/mol. The van der Waals surface area contributed by atoms with Crippen LogP contribution in [0.25, 0.3) is 0 Å². The van der Waals surface area contributed by atoms with Crippen molar-refractivity contribution in [3.8, 4) is 0 Å². The van der Waals surface area contributed by atoms with Gasteiger partial charge in [-0.2, -0.15) is 0 Å². The lowest BCUT2D eigenvalue weighted by Crippen LogP contribution is -2.57. The number of thioether (sulfide) groups is 1. The Morgan fingerprint density at radius 1 is 1.30 bits per heavy atom. The Hall–Kier alpha value is -0.510. The summed E-state index contributed by atoms with van der Waals surface area (Å²) in [4.78, 5) is 4.23. The van der Waals surface area contributed by atoms with Crippen LogP contribution in [0.4, 0.5) is 0 Å². The first kappa shape index (κ1) is 14.4. The van der Waals surface area contributed by atoms with E-state index in [1.54, 1.807) is 5.56 Å². The summed E-state index contributed by atoms with van der Waals surface area (Å²) in [5.74, 6) is 1.96. The van der Waals surface area contributed by atoms with E-state index >= 15 is 0 Å². The van der Waals surface area contributed by atoms with Crippen LogP contribution in [0, 0.1) is 5.41 Å². The number of benzene rings is 1. The average Bonchev–Trinajstić information content (AvgIpc) is 2.82. The van der Waals surface area contributed by atoms with Crippen LogP contribution in [0.5, 0.6) is 0 Å². The Morgan fingerprint density at radius 2 is 2.10 bits per heavy atom. The lowest BCUT2D eigenvalue weighted by molar-refractivity contribution is 0.0716. The third-order valence-electron chi connectivity index (χ3n) is 4.61. The molecule has 1 fully saturated rings. The Morgan fingerprint density at radius 3 is 2.90 bits per heavy atom. The molecule has 0 aromatic heterocycles. The van der Waals surface area contributed by atoms with Crippen molar-refractivity contribution in [2.45, 2.75) is 37.6 Å². The minimum atomic E-state index is 0.346. The average molecular weight is 290 g/mol. The van der Waals surface area contributed by atoms with Gasteiger partial charge in [0.1, 0.15) is 0 Å². The van der Waals surface area contributed by atoms with Crippen molar-refractivity contribution < 1.29 is 0 Å². The fourth-order valence-corrected chi connectivity index (χ4v) is 4.72. The summed E-state index contributed by atoms with van der Waals surface area (Å²) < 4.78 is 0. The van der Waals surface area contributed by atoms with Crippen molar-refractivity contribution in [3.63, 3.8) is 0 Å². The zero-order chi connectivity index (χ0) is 14.2. The van der Waals surface area contributed by atoms with Crippen LogP contribution >= 0.6 is 11.8 Å². The standard InChI is InChI=1S/C17H26N2S/c1-17(2,3)16-10-18-8-9-19(16)11-13-12-20-15-7-5-4-6-14(13)15/h4-7,13,16,18H,8-12H2,1-3H3. The molecule has 2 heterocycles. The topological polar surface area (TPSA) is 15.3 Å². The van der Waals surface area contributed by atoms with Gasteiger partial charge in [-0.1, -0.05) is 39.0 Å². The Bertz CT molecular complexity index is 466. The molecule has 3 rings (SSSR count). The fraction of sp³-hybridized carbons (Fsp3) is 0.647. The smallest absolute Gasteiger partial charge is 0.0269 e. The molecule has 20 heavy (non-hydrogen) atoms. The summed E-state index contributed by atoms with van der Waals surface area (Å²) in [5, 5.41) is 3.57. The van der Waals surface area contributed by atoms with Crippen molar-refractivity contribution in [1.29, 1.82) is 0 Å². The highest BCUT2D eigenvalue weighted by Gasteiger charge is 2.34. The summed E-state index contributed by atoms with van der Waals surface area (Å²) in [7, 11) is 0. The van der Waals surface area contributed by atoms with Crippen LogP contribution in [0.15, 0.2) is 29.2 Å². The van der Waals surface area contributed by atoms with Crippen molar-refractivity contribution >= 4 is 11.8 Å². The van der Waals surface area contributed by atoms with Crippen LogP contribution in [-0.4, -0.2) is 42.9 Å². The molecule has 2 unspecified atom stereocenters. The van der Waals surface area contributed by atoms with Crippen LogP contribution < -0.4 is 5.32 Å². The van der Waals surface area contributed by atoms with Gasteiger partial charge in [-0.15, -0.1) is 11.8 Å². The van der Waals surface area contributed by atoms with E-state index in [4.69, 9.17) is 0 Å². The van der Waals surface area contributed by atoms with Crippen LogP contribution in [0.3, 0.4) is 0 Å². The molecule has 0 bridgehead atoms. The lowest BCUT2D eigenvalue weighted by atomic mass is 9.84. The summed E-state index contributed by atoms with van der Waals surface area (Å²) >= 11 is 2.03. The Labute approximate surface area is 127 Å². The van der Waals surface area contributed by atoms with E-state index in [0.29, 0.717) is 17.4 Å². The van der Waals surface area contributed by atoms with Gasteiger partial charge in [0.05, 0.1) is 0 Å². The quantitative estimate of drug-likeness (QED) is 0.900. The lowest BCUT2D eigenvalue weighted by Gasteiger charge is -2.44. The van der Waals surface area contributed by atoms with Crippen LogP contribution in [0.2, 0.25) is 0 Å². The van der Waals surface area contributed by atoms with E-state index in [9.17, 15) is 0 Å². The molecular weight excluding hydrogens is 264 g/mol. The second-order valence-corrected chi connectivity index (χ2v) is 8.19. The van der Waals surface area contributed by atoms with Gasteiger partial charge in [-0.05, 0) is 17.0 Å². The maximum Gasteiger partial charge on any atom is 0.0269 e. The number of hydrogen-bond donors (Lipinski definition) is 1. The molecule has 1 N–H and O–H groups in total. The molecule has 2 nitrogen and oxygen atoms in total. The number of hydrogen-bond acceptors (Lipinski definition) is 3. The Kier molecular flexibility index (Phi) is 4.11. The maximum atomic E-state index is 3.57. The zero-order valence-electron chi connectivity index (χ0n) is 12.9. The second-order valence-electron chi connectivity index (χ2n) is 7.13. The predicted octanol–water partition coefficient (Wildman–Crippen LogP) is 3.20. The molecule has 0 spiro atoms. The first-order valence-electron chi connectivity index (χ1n) is 7.72. The first-order chi connectivity index (χ1) is 9.55. The van der Waals surface area contributed by atoms with E-state index in [2.05, 4.69) is 55.3 Å². The molecule has 1 saturated heterocycles. The molecule has 2 aliphatic rings. The summed E-state index contributed by atoms with van der Waals surface area (Å²) in [5.41, 5.74) is 1.92. The summed E-state index contributed by atoms with van der Waals surface area (Å²) in [6.45, 7) is 11.8. The van der Waals surface area contributed by atoms with Crippen molar-refractivity contribution in [1.82, 2.24) is 10.2 Å². The number of nitrogens with one attached hydrogen (secondary N) is 1. The minimum Gasteiger partial charge on any atom is -0.314 e. The van der Waals surface area contributed by atoms with Gasteiger partial charge in [0.25, 0.3) is 0 Å². The Balaban J connectivity index is 1.74. The molecule has 1 aromatic rings. The molecule has 3 heteroatoms. The molecular formula is C17H26N2S. The summed E-state index contributed by atoms with van der Waals surface area (Å²) in [6.07, 6.45) is 0. The number of fused-ring (bicyclic) bond motifs is 1. The molecule has 110 valence electrons. The normalized spacial score (nSPS) is 27.6. The van der Waals surface area contributed by atoms with Gasteiger partial charge in [-0.25, -0.2) is 0 Å². The van der Waals surface area contributed by atoms with Gasteiger partial charge in [-0.3, -0.25) is 4.90 Å². The molecule has 2 aliphatic heterocycles. The molecule has 1 aromatic carbocycles. The highest BCUT2D eigenvalue weighted by atomic mass is 32.2. The van der Waals surface area contributed by atoms with Crippen molar-refractivity contribution in [3.05, 3.63) is 29.8 Å². The highest BCUT2D eigenvalue weighted by molar-refractivity contribution is 7.99. The molecule has 0 aliphatic carbocycles. The molecule has 0 amide bonds. The second kappa shape index (κ2) is 5.70. The van der Waals surface area contributed by atoms with Gasteiger partial charge < -0.3 is 5.32 Å². The van der Waals surface area contributed by atoms with Gasteiger partial charge in [0.2, 0.25) is 0 Å². The summed E-state index contributed by atoms with van der Waals surface area (Å²) in [6, 6.07) is 9.61. The van der Waals surface area contributed by atoms with Crippen LogP contribution in [0.1, 0.15) is 32.3 Å². The highest BCUT2D eigenvalue weighted by Crippen LogP contribution is 2.40. The molecule has 0 radical (unpaired) electrons. The van der Waals surface area contributed by atoms with Crippen LogP contribution in [-0.2, 0) is 0 Å². The fourth-order valence-electron chi connectivity index (χ4n) is 3.48.